The van der Waals surface area contributed by atoms with Gasteiger partial charge in [-0.15, -0.1) is 0 Å². The Hall–Kier alpha value is -0.770. The van der Waals surface area contributed by atoms with Gasteiger partial charge in [-0.05, 0) is 6.07 Å². The molecule has 16 heavy (non-hydrogen) atoms. The maximum atomic E-state index is 10.5. The Balaban J connectivity index is 2.38. The van der Waals surface area contributed by atoms with Crippen molar-refractivity contribution in [3.8, 4) is 5.75 Å². The Labute approximate surface area is 99.9 Å². The maximum absolute atomic E-state index is 10.5. The molecule has 3 nitrogen and oxygen atoms in total. The molecule has 0 bridgehead atoms. The third-order valence-corrected chi connectivity index (χ3v) is 3.39. The van der Waals surface area contributed by atoms with Crippen molar-refractivity contribution in [2.24, 2.45) is 0 Å². The van der Waals surface area contributed by atoms with Crippen LogP contribution in [-0.2, 0) is 10.3 Å². The second-order valence-electron chi connectivity index (χ2n) is 3.97. The summed E-state index contributed by atoms with van der Waals surface area (Å²) in [5.74, 6) is 0.596. The van der Waals surface area contributed by atoms with Crippen molar-refractivity contribution < 1.29 is 14.6 Å². The van der Waals surface area contributed by atoms with Crippen LogP contribution in [-0.4, -0.2) is 25.4 Å². The average Bonchev–Trinajstić information content (AvgIpc) is 2.30. The molecule has 1 aromatic rings. The predicted molar refractivity (Wildman–Crippen MR) is 62.0 cm³/mol. The molecule has 0 amide bonds. The highest BCUT2D eigenvalue weighted by molar-refractivity contribution is 6.32. The van der Waals surface area contributed by atoms with E-state index >= 15 is 0 Å². The van der Waals surface area contributed by atoms with Gasteiger partial charge in [-0.1, -0.05) is 23.7 Å². The van der Waals surface area contributed by atoms with Gasteiger partial charge in [-0.25, -0.2) is 0 Å². The standard InChI is InChI=1S/C12H15ClO3/c1-15-10-4-2-3-9(11(10)13)12(14)5-7-16-8-6-12/h2-4,14H,5-8H2,1H3. The summed E-state index contributed by atoms with van der Waals surface area (Å²) in [5, 5.41) is 11.0. The van der Waals surface area contributed by atoms with Crippen LogP contribution in [0, 0.1) is 0 Å². The lowest BCUT2D eigenvalue weighted by molar-refractivity contribution is -0.0679. The SMILES string of the molecule is COc1cccc(C2(O)CCOCC2)c1Cl. The summed E-state index contributed by atoms with van der Waals surface area (Å²) in [7, 11) is 1.57. The normalized spacial score (nSPS) is 19.4. The number of halogens is 1. The number of rotatable bonds is 2. The van der Waals surface area contributed by atoms with Crippen LogP contribution >= 0.6 is 11.6 Å². The molecule has 0 spiro atoms. The van der Waals surface area contributed by atoms with E-state index in [0.717, 1.165) is 5.56 Å². The number of methoxy groups -OCH3 is 1. The molecule has 1 aromatic carbocycles. The summed E-state index contributed by atoms with van der Waals surface area (Å²) >= 11 is 6.21. The lowest BCUT2D eigenvalue weighted by Crippen LogP contribution is -2.33. The summed E-state index contributed by atoms with van der Waals surface area (Å²) in [4.78, 5) is 0. The zero-order chi connectivity index (χ0) is 11.6. The first-order valence-corrected chi connectivity index (χ1v) is 5.68. The van der Waals surface area contributed by atoms with E-state index in [1.807, 2.05) is 12.1 Å². The van der Waals surface area contributed by atoms with Crippen molar-refractivity contribution in [1.29, 1.82) is 0 Å². The van der Waals surface area contributed by atoms with Gasteiger partial charge in [0.1, 0.15) is 5.75 Å². The Bertz CT molecular complexity index is 373. The van der Waals surface area contributed by atoms with E-state index in [9.17, 15) is 5.11 Å². The summed E-state index contributed by atoms with van der Waals surface area (Å²) in [6, 6.07) is 5.47. The van der Waals surface area contributed by atoms with Gasteiger partial charge in [-0.3, -0.25) is 0 Å². The number of hydrogen-bond donors (Lipinski definition) is 1. The molecule has 0 aliphatic carbocycles. The van der Waals surface area contributed by atoms with Gasteiger partial charge in [0.05, 0.1) is 17.7 Å². The van der Waals surface area contributed by atoms with E-state index in [0.29, 0.717) is 36.8 Å². The fourth-order valence-corrected chi connectivity index (χ4v) is 2.39. The number of benzene rings is 1. The van der Waals surface area contributed by atoms with Gasteiger partial charge < -0.3 is 14.6 Å². The van der Waals surface area contributed by atoms with Gasteiger partial charge in [0.15, 0.2) is 0 Å². The average molecular weight is 243 g/mol. The van der Waals surface area contributed by atoms with Crippen LogP contribution in [0.3, 0.4) is 0 Å². The van der Waals surface area contributed by atoms with Crippen molar-refractivity contribution in [2.75, 3.05) is 20.3 Å². The molecule has 1 N–H and O–H groups in total. The molecule has 1 saturated heterocycles. The Morgan fingerprint density at radius 1 is 1.38 bits per heavy atom. The van der Waals surface area contributed by atoms with Crippen molar-refractivity contribution in [3.63, 3.8) is 0 Å². The molecule has 0 unspecified atom stereocenters. The molecule has 1 fully saturated rings. The lowest BCUT2D eigenvalue weighted by Gasteiger charge is -2.33. The van der Waals surface area contributed by atoms with E-state index < -0.39 is 5.60 Å². The Kier molecular flexibility index (Phi) is 3.38. The van der Waals surface area contributed by atoms with Crippen LogP contribution in [0.5, 0.6) is 5.75 Å². The first-order chi connectivity index (χ1) is 7.67. The maximum Gasteiger partial charge on any atom is 0.137 e. The third kappa shape index (κ3) is 2.03. The summed E-state index contributed by atoms with van der Waals surface area (Å²) < 4.78 is 10.4. The summed E-state index contributed by atoms with van der Waals surface area (Å²) in [6.45, 7) is 1.12. The highest BCUT2D eigenvalue weighted by Gasteiger charge is 2.34. The summed E-state index contributed by atoms with van der Waals surface area (Å²) in [5.41, 5.74) is -0.152. The molecule has 1 aliphatic rings. The monoisotopic (exact) mass is 242 g/mol. The highest BCUT2D eigenvalue weighted by Crippen LogP contribution is 2.39. The number of aliphatic hydroxyl groups is 1. The van der Waals surface area contributed by atoms with Crippen LogP contribution in [0.25, 0.3) is 0 Å². The number of ether oxygens (including phenoxy) is 2. The van der Waals surface area contributed by atoms with E-state index in [4.69, 9.17) is 21.1 Å². The quantitative estimate of drug-likeness (QED) is 0.865. The van der Waals surface area contributed by atoms with Crippen molar-refractivity contribution in [3.05, 3.63) is 28.8 Å². The smallest absolute Gasteiger partial charge is 0.137 e. The molecule has 1 aliphatic heterocycles. The van der Waals surface area contributed by atoms with Gasteiger partial charge in [0, 0.05) is 31.6 Å². The molecule has 0 radical (unpaired) electrons. The lowest BCUT2D eigenvalue weighted by atomic mass is 9.86. The molecule has 0 atom stereocenters. The Morgan fingerprint density at radius 2 is 2.06 bits per heavy atom. The minimum Gasteiger partial charge on any atom is -0.495 e. The number of hydrogen-bond acceptors (Lipinski definition) is 3. The van der Waals surface area contributed by atoms with Gasteiger partial charge in [0.25, 0.3) is 0 Å². The van der Waals surface area contributed by atoms with Gasteiger partial charge in [0.2, 0.25) is 0 Å². The predicted octanol–water partition coefficient (Wildman–Crippen LogP) is 2.35. The molecule has 4 heteroatoms. The molecular formula is C12H15ClO3. The second-order valence-corrected chi connectivity index (χ2v) is 4.34. The first-order valence-electron chi connectivity index (χ1n) is 5.30. The highest BCUT2D eigenvalue weighted by atomic mass is 35.5. The van der Waals surface area contributed by atoms with Crippen LogP contribution in [0.2, 0.25) is 5.02 Å². The minimum atomic E-state index is -0.885. The van der Waals surface area contributed by atoms with E-state index in [-0.39, 0.29) is 0 Å². The molecule has 2 rings (SSSR count). The molecule has 0 saturated carbocycles. The van der Waals surface area contributed by atoms with Crippen molar-refractivity contribution >= 4 is 11.6 Å². The van der Waals surface area contributed by atoms with Crippen LogP contribution < -0.4 is 4.74 Å². The fraction of sp³-hybridized carbons (Fsp3) is 0.500. The van der Waals surface area contributed by atoms with Crippen molar-refractivity contribution in [1.82, 2.24) is 0 Å². The fourth-order valence-electron chi connectivity index (χ4n) is 2.01. The van der Waals surface area contributed by atoms with E-state index in [1.54, 1.807) is 13.2 Å². The first kappa shape index (κ1) is 11.7. The van der Waals surface area contributed by atoms with Crippen molar-refractivity contribution in [2.45, 2.75) is 18.4 Å². The molecular weight excluding hydrogens is 228 g/mol. The second kappa shape index (κ2) is 4.62. The minimum absolute atomic E-state index is 0.495. The van der Waals surface area contributed by atoms with Gasteiger partial charge in [-0.2, -0.15) is 0 Å². The van der Waals surface area contributed by atoms with Crippen LogP contribution in [0.15, 0.2) is 18.2 Å². The molecule has 88 valence electrons. The molecule has 0 aromatic heterocycles. The third-order valence-electron chi connectivity index (χ3n) is 3.00. The Morgan fingerprint density at radius 3 is 2.69 bits per heavy atom. The largest absolute Gasteiger partial charge is 0.495 e. The zero-order valence-electron chi connectivity index (χ0n) is 9.20. The topological polar surface area (TPSA) is 38.7 Å². The van der Waals surface area contributed by atoms with E-state index in [1.165, 1.54) is 0 Å². The van der Waals surface area contributed by atoms with E-state index in [2.05, 4.69) is 0 Å². The van der Waals surface area contributed by atoms with Crippen LogP contribution in [0.1, 0.15) is 18.4 Å². The zero-order valence-corrected chi connectivity index (χ0v) is 9.96. The summed E-state index contributed by atoms with van der Waals surface area (Å²) in [6.07, 6.45) is 1.14. The van der Waals surface area contributed by atoms with Crippen LogP contribution in [0.4, 0.5) is 0 Å². The molecule has 1 heterocycles. The van der Waals surface area contributed by atoms with Gasteiger partial charge >= 0.3 is 0 Å².